The van der Waals surface area contributed by atoms with Gasteiger partial charge < -0.3 is 20.6 Å². The number of urea groups is 1. The topological polar surface area (TPSA) is 117 Å². The SMILES string of the molecule is CS(=O)(=O)n1ccc2c(NC(=O)NCCN3CCC(O)(Cc4ccccc4)CC3)ccnc21. The van der Waals surface area contributed by atoms with Gasteiger partial charge in [-0.2, -0.15) is 0 Å². The van der Waals surface area contributed by atoms with Crippen molar-refractivity contribution in [2.75, 3.05) is 37.8 Å². The fourth-order valence-electron chi connectivity index (χ4n) is 4.23. The highest BCUT2D eigenvalue weighted by molar-refractivity contribution is 7.89. The number of aliphatic hydroxyl groups is 1. The average Bonchev–Trinajstić information content (AvgIpc) is 3.22. The molecule has 1 fully saturated rings. The van der Waals surface area contributed by atoms with Crippen molar-refractivity contribution in [1.82, 2.24) is 19.2 Å². The summed E-state index contributed by atoms with van der Waals surface area (Å²) in [5.41, 5.74) is 1.22. The van der Waals surface area contributed by atoms with Gasteiger partial charge in [-0.1, -0.05) is 30.3 Å². The molecule has 0 atom stereocenters. The minimum Gasteiger partial charge on any atom is -0.389 e. The van der Waals surface area contributed by atoms with E-state index in [0.717, 1.165) is 28.9 Å². The van der Waals surface area contributed by atoms with E-state index >= 15 is 0 Å². The summed E-state index contributed by atoms with van der Waals surface area (Å²) in [6.45, 7) is 2.69. The molecule has 0 aliphatic carbocycles. The molecule has 1 aromatic carbocycles. The van der Waals surface area contributed by atoms with Crippen LogP contribution in [0.3, 0.4) is 0 Å². The van der Waals surface area contributed by atoms with Gasteiger partial charge in [0.2, 0.25) is 10.0 Å². The maximum atomic E-state index is 12.4. The second-order valence-corrected chi connectivity index (χ2v) is 10.4. The molecule has 3 N–H and O–H groups in total. The number of amides is 2. The van der Waals surface area contributed by atoms with Crippen molar-refractivity contribution in [3.05, 3.63) is 60.4 Å². The molecule has 176 valence electrons. The van der Waals surface area contributed by atoms with Crippen LogP contribution in [0.1, 0.15) is 18.4 Å². The lowest BCUT2D eigenvalue weighted by molar-refractivity contribution is -0.0201. The molecule has 4 rings (SSSR count). The summed E-state index contributed by atoms with van der Waals surface area (Å²) >= 11 is 0. The van der Waals surface area contributed by atoms with Gasteiger partial charge in [-0.05, 0) is 30.5 Å². The van der Waals surface area contributed by atoms with Crippen LogP contribution in [0, 0.1) is 0 Å². The Hall–Kier alpha value is -2.95. The van der Waals surface area contributed by atoms with Gasteiger partial charge in [0.15, 0.2) is 5.65 Å². The lowest BCUT2D eigenvalue weighted by atomic mass is 9.85. The highest BCUT2D eigenvalue weighted by Crippen LogP contribution is 2.26. The van der Waals surface area contributed by atoms with Gasteiger partial charge >= 0.3 is 6.03 Å². The molecule has 10 heteroatoms. The minimum atomic E-state index is -3.48. The van der Waals surface area contributed by atoms with Gasteiger partial charge in [-0.15, -0.1) is 0 Å². The number of aromatic nitrogens is 2. The molecule has 0 spiro atoms. The lowest BCUT2D eigenvalue weighted by Crippen LogP contribution is -2.47. The average molecular weight is 472 g/mol. The summed E-state index contributed by atoms with van der Waals surface area (Å²) in [6.07, 6.45) is 6.03. The number of pyridine rings is 1. The van der Waals surface area contributed by atoms with Crippen LogP contribution >= 0.6 is 0 Å². The number of piperidine rings is 1. The summed E-state index contributed by atoms with van der Waals surface area (Å²) in [7, 11) is -3.48. The number of benzene rings is 1. The van der Waals surface area contributed by atoms with Crippen LogP contribution in [-0.4, -0.2) is 71.4 Å². The van der Waals surface area contributed by atoms with Crippen molar-refractivity contribution in [1.29, 1.82) is 0 Å². The Morgan fingerprint density at radius 1 is 1.15 bits per heavy atom. The Bertz CT molecular complexity index is 1220. The van der Waals surface area contributed by atoms with Crippen LogP contribution in [0.5, 0.6) is 0 Å². The molecule has 3 aromatic rings. The van der Waals surface area contributed by atoms with Gasteiger partial charge in [-0.3, -0.25) is 0 Å². The van der Waals surface area contributed by atoms with Gasteiger partial charge in [0, 0.05) is 50.4 Å². The number of hydrogen-bond donors (Lipinski definition) is 3. The molecule has 0 unspecified atom stereocenters. The van der Waals surface area contributed by atoms with E-state index in [-0.39, 0.29) is 11.7 Å². The van der Waals surface area contributed by atoms with Crippen molar-refractivity contribution in [3.63, 3.8) is 0 Å². The fraction of sp³-hybridized carbons (Fsp3) is 0.391. The first kappa shape index (κ1) is 23.2. The van der Waals surface area contributed by atoms with E-state index < -0.39 is 15.6 Å². The fourth-order valence-corrected chi connectivity index (χ4v) is 4.97. The molecule has 2 amide bonds. The Kier molecular flexibility index (Phi) is 6.68. The second-order valence-electron chi connectivity index (χ2n) is 8.58. The third-order valence-electron chi connectivity index (χ3n) is 6.04. The van der Waals surface area contributed by atoms with E-state index in [9.17, 15) is 18.3 Å². The number of carbonyl (C=O) groups excluding carboxylic acids is 1. The van der Waals surface area contributed by atoms with Crippen LogP contribution in [0.15, 0.2) is 54.9 Å². The summed E-state index contributed by atoms with van der Waals surface area (Å²) in [6, 6.07) is 12.9. The molecule has 0 saturated carbocycles. The largest absolute Gasteiger partial charge is 0.389 e. The van der Waals surface area contributed by atoms with Crippen LogP contribution in [0.25, 0.3) is 11.0 Å². The number of likely N-dealkylation sites (tertiary alicyclic amines) is 1. The lowest BCUT2D eigenvalue weighted by Gasteiger charge is -2.38. The highest BCUT2D eigenvalue weighted by atomic mass is 32.2. The van der Waals surface area contributed by atoms with E-state index in [1.54, 1.807) is 12.1 Å². The summed E-state index contributed by atoms with van der Waals surface area (Å²) in [4.78, 5) is 18.7. The molecule has 0 radical (unpaired) electrons. The van der Waals surface area contributed by atoms with Gasteiger partial charge in [0.1, 0.15) is 0 Å². The highest BCUT2D eigenvalue weighted by Gasteiger charge is 2.32. The zero-order chi connectivity index (χ0) is 23.5. The molecular formula is C23H29N5O4S. The number of fused-ring (bicyclic) bond motifs is 1. The quantitative estimate of drug-likeness (QED) is 0.486. The third-order valence-corrected chi connectivity index (χ3v) is 7.05. The first-order valence-electron chi connectivity index (χ1n) is 10.9. The van der Waals surface area contributed by atoms with Gasteiger partial charge in [0.05, 0.1) is 17.5 Å². The number of rotatable bonds is 7. The predicted octanol–water partition coefficient (Wildman–Crippen LogP) is 2.04. The van der Waals surface area contributed by atoms with Gasteiger partial charge in [-0.25, -0.2) is 22.2 Å². The van der Waals surface area contributed by atoms with E-state index in [1.807, 2.05) is 30.3 Å². The molecular weight excluding hydrogens is 442 g/mol. The molecule has 33 heavy (non-hydrogen) atoms. The summed E-state index contributed by atoms with van der Waals surface area (Å²) in [5, 5.41) is 17.1. The Labute approximate surface area is 193 Å². The Morgan fingerprint density at radius 2 is 1.88 bits per heavy atom. The number of nitrogens with zero attached hydrogens (tertiary/aromatic N) is 3. The smallest absolute Gasteiger partial charge is 0.319 e. The maximum absolute atomic E-state index is 12.4. The monoisotopic (exact) mass is 471 g/mol. The number of nitrogens with one attached hydrogen (secondary N) is 2. The van der Waals surface area contributed by atoms with Crippen LogP contribution < -0.4 is 10.6 Å². The zero-order valence-electron chi connectivity index (χ0n) is 18.6. The van der Waals surface area contributed by atoms with Crippen molar-refractivity contribution < 1.29 is 18.3 Å². The van der Waals surface area contributed by atoms with E-state index in [0.29, 0.717) is 43.4 Å². The normalized spacial score (nSPS) is 16.5. The second kappa shape index (κ2) is 9.50. The molecule has 2 aromatic heterocycles. The minimum absolute atomic E-state index is 0.270. The first-order valence-corrected chi connectivity index (χ1v) is 12.8. The van der Waals surface area contributed by atoms with Crippen molar-refractivity contribution in [3.8, 4) is 0 Å². The van der Waals surface area contributed by atoms with Crippen LogP contribution in [0.2, 0.25) is 0 Å². The Morgan fingerprint density at radius 3 is 2.58 bits per heavy atom. The molecule has 1 saturated heterocycles. The number of anilines is 1. The van der Waals surface area contributed by atoms with Gasteiger partial charge in [0.25, 0.3) is 0 Å². The van der Waals surface area contributed by atoms with Crippen molar-refractivity contribution in [2.24, 2.45) is 0 Å². The Balaban J connectivity index is 1.25. The third kappa shape index (κ3) is 5.70. The molecule has 9 nitrogen and oxygen atoms in total. The van der Waals surface area contributed by atoms with E-state index in [4.69, 9.17) is 0 Å². The molecule has 1 aliphatic heterocycles. The van der Waals surface area contributed by atoms with E-state index in [2.05, 4.69) is 20.5 Å². The first-order chi connectivity index (χ1) is 15.7. The summed E-state index contributed by atoms with van der Waals surface area (Å²) < 4.78 is 24.8. The van der Waals surface area contributed by atoms with E-state index in [1.165, 1.54) is 12.4 Å². The number of carbonyl (C=O) groups is 1. The summed E-state index contributed by atoms with van der Waals surface area (Å²) in [5.74, 6) is 0. The zero-order valence-corrected chi connectivity index (χ0v) is 19.4. The number of hydrogen-bond acceptors (Lipinski definition) is 6. The molecule has 1 aliphatic rings. The molecule has 0 bridgehead atoms. The van der Waals surface area contributed by atoms with Crippen LogP contribution in [-0.2, 0) is 16.4 Å². The van der Waals surface area contributed by atoms with Crippen molar-refractivity contribution in [2.45, 2.75) is 24.9 Å². The van der Waals surface area contributed by atoms with Crippen molar-refractivity contribution >= 4 is 32.8 Å². The molecule has 3 heterocycles. The van der Waals surface area contributed by atoms with Crippen LogP contribution in [0.4, 0.5) is 10.5 Å². The predicted molar refractivity (Wildman–Crippen MR) is 128 cm³/mol. The standard InChI is InChI=1S/C23H29N5O4S/c1-33(31,32)28-13-8-19-20(7-11-24-21(19)28)26-22(29)25-12-16-27-14-9-23(30,10-15-27)17-18-5-3-2-4-6-18/h2-8,11,13,30H,9-10,12,14-17H2,1H3,(H2,24,25,26,29). The maximum Gasteiger partial charge on any atom is 0.319 e.